The highest BCUT2D eigenvalue weighted by Gasteiger charge is 2.31. The first-order chi connectivity index (χ1) is 5.60. The summed E-state index contributed by atoms with van der Waals surface area (Å²) in [7, 11) is 1.46. The molecule has 72 valence electrons. The molecule has 0 saturated carbocycles. The van der Waals surface area contributed by atoms with Crippen molar-refractivity contribution in [1.82, 2.24) is 0 Å². The second kappa shape index (κ2) is 5.18. The highest BCUT2D eigenvalue weighted by atomic mass is 16.5. The minimum absolute atomic E-state index is 0.0709. The van der Waals surface area contributed by atoms with Gasteiger partial charge < -0.3 is 4.74 Å². The molecule has 0 amide bonds. The van der Waals surface area contributed by atoms with Gasteiger partial charge in [0.1, 0.15) is 0 Å². The van der Waals surface area contributed by atoms with Gasteiger partial charge in [-0.15, -0.1) is 0 Å². The predicted molar refractivity (Wildman–Crippen MR) is 49.9 cm³/mol. The summed E-state index contributed by atoms with van der Waals surface area (Å²) >= 11 is 0. The number of hydrogen-bond acceptors (Lipinski definition) is 2. The van der Waals surface area contributed by atoms with Crippen LogP contribution in [0.15, 0.2) is 0 Å². The van der Waals surface area contributed by atoms with E-state index in [0.717, 1.165) is 25.7 Å². The van der Waals surface area contributed by atoms with Crippen LogP contribution in [0.5, 0.6) is 0 Å². The number of ether oxygens (including phenoxy) is 1. The molecule has 0 aromatic heterocycles. The highest BCUT2D eigenvalue weighted by Crippen LogP contribution is 2.29. The van der Waals surface area contributed by atoms with Gasteiger partial charge >= 0.3 is 5.97 Å². The Kier molecular flexibility index (Phi) is 4.95. The van der Waals surface area contributed by atoms with Crippen molar-refractivity contribution in [2.24, 2.45) is 5.41 Å². The molecular formula is C10H20O2. The molecule has 0 aliphatic heterocycles. The average Bonchev–Trinajstić information content (AvgIpc) is 2.12. The Hall–Kier alpha value is -0.530. The van der Waals surface area contributed by atoms with Gasteiger partial charge in [0.05, 0.1) is 12.5 Å². The van der Waals surface area contributed by atoms with Crippen LogP contribution < -0.4 is 0 Å². The molecule has 0 spiro atoms. The lowest BCUT2D eigenvalue weighted by Gasteiger charge is -2.24. The summed E-state index contributed by atoms with van der Waals surface area (Å²) in [6.07, 6.45) is 4.03. The fourth-order valence-electron chi connectivity index (χ4n) is 1.24. The van der Waals surface area contributed by atoms with Crippen molar-refractivity contribution in [2.75, 3.05) is 7.11 Å². The Morgan fingerprint density at radius 2 is 2.00 bits per heavy atom. The molecule has 2 nitrogen and oxygen atoms in total. The molecule has 0 aromatic carbocycles. The molecule has 0 N–H and O–H groups in total. The Bertz CT molecular complexity index is 143. The van der Waals surface area contributed by atoms with Gasteiger partial charge in [-0.25, -0.2) is 0 Å². The normalized spacial score (nSPS) is 15.3. The number of esters is 1. The van der Waals surface area contributed by atoms with E-state index in [4.69, 9.17) is 4.74 Å². The van der Waals surface area contributed by atoms with Gasteiger partial charge in [-0.3, -0.25) is 4.79 Å². The molecule has 0 aliphatic carbocycles. The molecule has 1 unspecified atom stereocenters. The summed E-state index contributed by atoms with van der Waals surface area (Å²) in [5.41, 5.74) is -0.259. The molecule has 0 bridgehead atoms. The van der Waals surface area contributed by atoms with E-state index < -0.39 is 0 Å². The Morgan fingerprint density at radius 3 is 2.33 bits per heavy atom. The van der Waals surface area contributed by atoms with E-state index in [2.05, 4.69) is 6.92 Å². The van der Waals surface area contributed by atoms with Gasteiger partial charge in [0, 0.05) is 0 Å². The second-order valence-corrected chi connectivity index (χ2v) is 3.51. The Morgan fingerprint density at radius 1 is 1.42 bits per heavy atom. The van der Waals surface area contributed by atoms with Crippen LogP contribution in [0.25, 0.3) is 0 Å². The fraction of sp³-hybridized carbons (Fsp3) is 0.900. The standard InChI is InChI=1S/C10H20O2/c1-5-7-8-10(3,6-2)9(11)12-4/h5-8H2,1-4H3. The van der Waals surface area contributed by atoms with Crippen molar-refractivity contribution in [3.63, 3.8) is 0 Å². The maximum absolute atomic E-state index is 11.3. The van der Waals surface area contributed by atoms with E-state index in [9.17, 15) is 4.79 Å². The third kappa shape index (κ3) is 2.84. The molecule has 1 atom stereocenters. The van der Waals surface area contributed by atoms with E-state index in [0.29, 0.717) is 0 Å². The lowest BCUT2D eigenvalue weighted by atomic mass is 9.82. The zero-order valence-corrected chi connectivity index (χ0v) is 8.64. The van der Waals surface area contributed by atoms with Crippen LogP contribution in [0, 0.1) is 5.41 Å². The molecule has 0 saturated heterocycles. The van der Waals surface area contributed by atoms with Gasteiger partial charge in [-0.05, 0) is 19.8 Å². The van der Waals surface area contributed by atoms with Gasteiger partial charge in [-0.2, -0.15) is 0 Å². The van der Waals surface area contributed by atoms with Gasteiger partial charge in [0.25, 0.3) is 0 Å². The molecule has 12 heavy (non-hydrogen) atoms. The Labute approximate surface area is 75.3 Å². The molecule has 0 heterocycles. The zero-order chi connectivity index (χ0) is 9.61. The lowest BCUT2D eigenvalue weighted by Crippen LogP contribution is -2.28. The first-order valence-corrected chi connectivity index (χ1v) is 4.69. The first-order valence-electron chi connectivity index (χ1n) is 4.69. The Balaban J connectivity index is 4.13. The summed E-state index contributed by atoms with van der Waals surface area (Å²) in [4.78, 5) is 11.3. The van der Waals surface area contributed by atoms with Crippen LogP contribution in [-0.2, 0) is 9.53 Å². The van der Waals surface area contributed by atoms with Crippen molar-refractivity contribution in [3.05, 3.63) is 0 Å². The second-order valence-electron chi connectivity index (χ2n) is 3.51. The van der Waals surface area contributed by atoms with Crippen LogP contribution in [0.2, 0.25) is 0 Å². The minimum Gasteiger partial charge on any atom is -0.469 e. The summed E-state index contributed by atoms with van der Waals surface area (Å²) in [6.45, 7) is 6.15. The number of unbranched alkanes of at least 4 members (excludes halogenated alkanes) is 1. The molecule has 0 rings (SSSR count). The highest BCUT2D eigenvalue weighted by molar-refractivity contribution is 5.76. The molecule has 0 radical (unpaired) electrons. The summed E-state index contributed by atoms with van der Waals surface area (Å²) < 4.78 is 4.76. The van der Waals surface area contributed by atoms with Crippen molar-refractivity contribution in [2.45, 2.75) is 46.5 Å². The topological polar surface area (TPSA) is 26.3 Å². The fourth-order valence-corrected chi connectivity index (χ4v) is 1.24. The van der Waals surface area contributed by atoms with E-state index in [1.165, 1.54) is 7.11 Å². The summed E-state index contributed by atoms with van der Waals surface area (Å²) in [5.74, 6) is -0.0709. The minimum atomic E-state index is -0.259. The van der Waals surface area contributed by atoms with Crippen LogP contribution in [0.3, 0.4) is 0 Å². The van der Waals surface area contributed by atoms with Crippen molar-refractivity contribution in [3.8, 4) is 0 Å². The molecule has 2 heteroatoms. The molecular weight excluding hydrogens is 152 g/mol. The largest absolute Gasteiger partial charge is 0.469 e. The maximum Gasteiger partial charge on any atom is 0.311 e. The third-order valence-corrected chi connectivity index (χ3v) is 2.54. The van der Waals surface area contributed by atoms with Crippen LogP contribution in [0.4, 0.5) is 0 Å². The number of hydrogen-bond donors (Lipinski definition) is 0. The predicted octanol–water partition coefficient (Wildman–Crippen LogP) is 2.77. The van der Waals surface area contributed by atoms with Crippen LogP contribution >= 0.6 is 0 Å². The number of carbonyl (C=O) groups excluding carboxylic acids is 1. The van der Waals surface area contributed by atoms with Crippen molar-refractivity contribution < 1.29 is 9.53 Å². The van der Waals surface area contributed by atoms with Gasteiger partial charge in [-0.1, -0.05) is 26.7 Å². The monoisotopic (exact) mass is 172 g/mol. The van der Waals surface area contributed by atoms with E-state index in [1.807, 2.05) is 13.8 Å². The number of methoxy groups -OCH3 is 1. The van der Waals surface area contributed by atoms with E-state index >= 15 is 0 Å². The third-order valence-electron chi connectivity index (χ3n) is 2.54. The quantitative estimate of drug-likeness (QED) is 0.596. The smallest absolute Gasteiger partial charge is 0.311 e. The summed E-state index contributed by atoms with van der Waals surface area (Å²) in [5, 5.41) is 0. The zero-order valence-electron chi connectivity index (χ0n) is 8.64. The van der Waals surface area contributed by atoms with Gasteiger partial charge in [0.2, 0.25) is 0 Å². The first kappa shape index (κ1) is 11.5. The summed E-state index contributed by atoms with van der Waals surface area (Å²) in [6, 6.07) is 0. The number of carbonyl (C=O) groups is 1. The van der Waals surface area contributed by atoms with Crippen LogP contribution in [0.1, 0.15) is 46.5 Å². The SMILES string of the molecule is CCCCC(C)(CC)C(=O)OC. The van der Waals surface area contributed by atoms with E-state index in [-0.39, 0.29) is 11.4 Å². The lowest BCUT2D eigenvalue weighted by molar-refractivity contribution is -0.152. The molecule has 0 aliphatic rings. The molecule has 0 aromatic rings. The van der Waals surface area contributed by atoms with Gasteiger partial charge in [0.15, 0.2) is 0 Å². The molecule has 0 fully saturated rings. The maximum atomic E-state index is 11.3. The number of rotatable bonds is 5. The average molecular weight is 172 g/mol. The van der Waals surface area contributed by atoms with Crippen molar-refractivity contribution >= 4 is 5.97 Å². The van der Waals surface area contributed by atoms with Crippen LogP contribution in [-0.4, -0.2) is 13.1 Å². The van der Waals surface area contributed by atoms with Crippen molar-refractivity contribution in [1.29, 1.82) is 0 Å². The van der Waals surface area contributed by atoms with E-state index in [1.54, 1.807) is 0 Å².